The number of hydrogen-bond acceptors (Lipinski definition) is 4. The van der Waals surface area contributed by atoms with Crippen molar-refractivity contribution in [2.24, 2.45) is 0 Å². The molecular weight excluding hydrogens is 210 g/mol. The second-order valence-corrected chi connectivity index (χ2v) is 4.10. The third-order valence-electron chi connectivity index (χ3n) is 2.76. The standard InChI is InChI=1S/C11H15NO4/c1-8-9(2-4-16-8)10(13)12-6-11(14)3-5-15-7-11/h2,4,14H,3,5-7H2,1H3,(H,12,13). The maximum Gasteiger partial charge on any atom is 0.254 e. The highest BCUT2D eigenvalue weighted by Gasteiger charge is 2.32. The van der Waals surface area contributed by atoms with E-state index in [9.17, 15) is 9.90 Å². The summed E-state index contributed by atoms with van der Waals surface area (Å²) in [6, 6.07) is 1.61. The van der Waals surface area contributed by atoms with Crippen molar-refractivity contribution in [2.45, 2.75) is 18.9 Å². The van der Waals surface area contributed by atoms with E-state index >= 15 is 0 Å². The first-order valence-corrected chi connectivity index (χ1v) is 5.23. The number of carbonyl (C=O) groups is 1. The minimum Gasteiger partial charge on any atom is -0.469 e. The molecule has 2 rings (SSSR count). The van der Waals surface area contributed by atoms with E-state index in [4.69, 9.17) is 9.15 Å². The van der Waals surface area contributed by atoms with E-state index in [1.165, 1.54) is 6.26 Å². The van der Waals surface area contributed by atoms with E-state index < -0.39 is 5.60 Å². The van der Waals surface area contributed by atoms with Gasteiger partial charge >= 0.3 is 0 Å². The van der Waals surface area contributed by atoms with Crippen LogP contribution >= 0.6 is 0 Å². The molecule has 1 saturated heterocycles. The van der Waals surface area contributed by atoms with Gasteiger partial charge < -0.3 is 19.6 Å². The lowest BCUT2D eigenvalue weighted by Gasteiger charge is -2.20. The number of nitrogens with one attached hydrogen (secondary N) is 1. The lowest BCUT2D eigenvalue weighted by Crippen LogP contribution is -2.43. The summed E-state index contributed by atoms with van der Waals surface area (Å²) in [6.45, 7) is 2.74. The predicted molar refractivity (Wildman–Crippen MR) is 56.2 cm³/mol. The topological polar surface area (TPSA) is 71.7 Å². The Morgan fingerprint density at radius 2 is 2.50 bits per heavy atom. The first-order chi connectivity index (χ1) is 7.61. The lowest BCUT2D eigenvalue weighted by atomic mass is 10.0. The van der Waals surface area contributed by atoms with Gasteiger partial charge in [0.05, 0.1) is 18.4 Å². The van der Waals surface area contributed by atoms with Gasteiger partial charge in [0.1, 0.15) is 11.4 Å². The minimum absolute atomic E-state index is 0.205. The molecule has 0 bridgehead atoms. The Hall–Kier alpha value is -1.33. The number of aryl methyl sites for hydroxylation is 1. The van der Waals surface area contributed by atoms with Crippen molar-refractivity contribution in [3.63, 3.8) is 0 Å². The fourth-order valence-electron chi connectivity index (χ4n) is 1.70. The lowest BCUT2D eigenvalue weighted by molar-refractivity contribution is 0.0264. The molecule has 2 N–H and O–H groups in total. The predicted octanol–water partition coefficient (Wildman–Crippen LogP) is 0.469. The van der Waals surface area contributed by atoms with Gasteiger partial charge in [-0.1, -0.05) is 0 Å². The van der Waals surface area contributed by atoms with Gasteiger partial charge in [-0.2, -0.15) is 0 Å². The fourth-order valence-corrected chi connectivity index (χ4v) is 1.70. The highest BCUT2D eigenvalue weighted by atomic mass is 16.5. The summed E-state index contributed by atoms with van der Waals surface area (Å²) >= 11 is 0. The monoisotopic (exact) mass is 225 g/mol. The summed E-state index contributed by atoms with van der Waals surface area (Å²) in [5.74, 6) is 0.346. The number of amides is 1. The average Bonchev–Trinajstić information content (AvgIpc) is 2.85. The average molecular weight is 225 g/mol. The number of ether oxygens (including phenoxy) is 1. The zero-order chi connectivity index (χ0) is 11.6. The van der Waals surface area contributed by atoms with Crippen LogP contribution in [0.5, 0.6) is 0 Å². The summed E-state index contributed by atoms with van der Waals surface area (Å²) in [7, 11) is 0. The van der Waals surface area contributed by atoms with Gasteiger partial charge in [0, 0.05) is 19.6 Å². The van der Waals surface area contributed by atoms with Crippen LogP contribution in [-0.2, 0) is 4.74 Å². The van der Waals surface area contributed by atoms with Crippen LogP contribution in [0, 0.1) is 6.92 Å². The molecule has 0 spiro atoms. The molecule has 0 aliphatic carbocycles. The minimum atomic E-state index is -0.923. The van der Waals surface area contributed by atoms with Crippen molar-refractivity contribution >= 4 is 5.91 Å². The van der Waals surface area contributed by atoms with Crippen LogP contribution in [0.4, 0.5) is 0 Å². The van der Waals surface area contributed by atoms with E-state index in [2.05, 4.69) is 5.32 Å². The Morgan fingerprint density at radius 1 is 1.69 bits per heavy atom. The Balaban J connectivity index is 1.91. The molecule has 1 atom stereocenters. The molecule has 5 nitrogen and oxygen atoms in total. The van der Waals surface area contributed by atoms with Gasteiger partial charge in [-0.25, -0.2) is 0 Å². The van der Waals surface area contributed by atoms with Gasteiger partial charge in [0.25, 0.3) is 5.91 Å². The van der Waals surface area contributed by atoms with Crippen LogP contribution in [-0.4, -0.2) is 36.4 Å². The van der Waals surface area contributed by atoms with Gasteiger partial charge in [-0.15, -0.1) is 0 Å². The highest BCUT2D eigenvalue weighted by molar-refractivity contribution is 5.95. The smallest absolute Gasteiger partial charge is 0.254 e. The molecule has 0 radical (unpaired) electrons. The first kappa shape index (κ1) is 11.2. The van der Waals surface area contributed by atoms with Crippen LogP contribution in [0.2, 0.25) is 0 Å². The molecule has 16 heavy (non-hydrogen) atoms. The van der Waals surface area contributed by atoms with Gasteiger partial charge in [0.15, 0.2) is 0 Å². The fraction of sp³-hybridized carbons (Fsp3) is 0.545. The Morgan fingerprint density at radius 3 is 3.06 bits per heavy atom. The molecule has 5 heteroatoms. The van der Waals surface area contributed by atoms with Crippen LogP contribution in [0.25, 0.3) is 0 Å². The van der Waals surface area contributed by atoms with Crippen LogP contribution in [0.3, 0.4) is 0 Å². The Bertz CT molecular complexity index is 379. The van der Waals surface area contributed by atoms with E-state index in [0.717, 1.165) is 0 Å². The SMILES string of the molecule is Cc1occc1C(=O)NCC1(O)CCOC1. The second kappa shape index (κ2) is 4.27. The molecule has 1 aliphatic rings. The summed E-state index contributed by atoms with van der Waals surface area (Å²) in [6.07, 6.45) is 2.02. The molecule has 1 aromatic heterocycles. The quantitative estimate of drug-likeness (QED) is 0.784. The van der Waals surface area contributed by atoms with E-state index in [1.54, 1.807) is 13.0 Å². The Labute approximate surface area is 93.4 Å². The highest BCUT2D eigenvalue weighted by Crippen LogP contribution is 2.17. The van der Waals surface area contributed by atoms with Crippen LogP contribution in [0.1, 0.15) is 22.5 Å². The van der Waals surface area contributed by atoms with Crippen LogP contribution in [0.15, 0.2) is 16.7 Å². The van der Waals surface area contributed by atoms with Crippen molar-refractivity contribution in [3.05, 3.63) is 23.7 Å². The molecule has 1 aliphatic heterocycles. The molecule has 2 heterocycles. The molecule has 1 unspecified atom stereocenters. The third-order valence-corrected chi connectivity index (χ3v) is 2.76. The van der Waals surface area contributed by atoms with Crippen molar-refractivity contribution in [1.29, 1.82) is 0 Å². The molecular formula is C11H15NO4. The van der Waals surface area contributed by atoms with Crippen molar-refractivity contribution in [1.82, 2.24) is 5.32 Å². The largest absolute Gasteiger partial charge is 0.469 e. The van der Waals surface area contributed by atoms with Gasteiger partial charge in [-0.05, 0) is 13.0 Å². The zero-order valence-corrected chi connectivity index (χ0v) is 9.16. The summed E-state index contributed by atoms with van der Waals surface area (Å²) < 4.78 is 10.1. The molecule has 0 aromatic carbocycles. The Kier molecular flexibility index (Phi) is 2.98. The normalized spacial score (nSPS) is 24.6. The van der Waals surface area contributed by atoms with Gasteiger partial charge in [-0.3, -0.25) is 4.79 Å². The number of carbonyl (C=O) groups excluding carboxylic acids is 1. The molecule has 1 amide bonds. The number of aliphatic hydroxyl groups is 1. The third kappa shape index (κ3) is 2.25. The summed E-state index contributed by atoms with van der Waals surface area (Å²) in [5, 5.41) is 12.6. The van der Waals surface area contributed by atoms with Crippen LogP contribution < -0.4 is 5.32 Å². The molecule has 1 aromatic rings. The van der Waals surface area contributed by atoms with Crippen molar-refractivity contribution < 1.29 is 19.1 Å². The first-order valence-electron chi connectivity index (χ1n) is 5.23. The molecule has 88 valence electrons. The van der Waals surface area contributed by atoms with E-state index in [-0.39, 0.29) is 19.1 Å². The zero-order valence-electron chi connectivity index (χ0n) is 9.16. The second-order valence-electron chi connectivity index (χ2n) is 4.10. The molecule has 1 fully saturated rings. The van der Waals surface area contributed by atoms with Crippen molar-refractivity contribution in [2.75, 3.05) is 19.8 Å². The maximum atomic E-state index is 11.7. The number of rotatable bonds is 3. The van der Waals surface area contributed by atoms with Crippen molar-refractivity contribution in [3.8, 4) is 0 Å². The molecule has 0 saturated carbocycles. The van der Waals surface area contributed by atoms with Gasteiger partial charge in [0.2, 0.25) is 0 Å². The summed E-state index contributed by atoms with van der Waals surface area (Å²) in [5.41, 5.74) is -0.421. The van der Waals surface area contributed by atoms with E-state index in [0.29, 0.717) is 24.4 Å². The number of hydrogen-bond donors (Lipinski definition) is 2. The van der Waals surface area contributed by atoms with E-state index in [1.807, 2.05) is 0 Å². The number of furan rings is 1. The maximum absolute atomic E-state index is 11.7. The summed E-state index contributed by atoms with van der Waals surface area (Å²) in [4.78, 5) is 11.7.